The largest absolute Gasteiger partial charge is 0.304 e. The van der Waals surface area contributed by atoms with Crippen LogP contribution in [0.5, 0.6) is 0 Å². The van der Waals surface area contributed by atoms with Gasteiger partial charge in [0.1, 0.15) is 0 Å². The van der Waals surface area contributed by atoms with Crippen molar-refractivity contribution >= 4 is 10.0 Å². The van der Waals surface area contributed by atoms with E-state index in [0.717, 1.165) is 11.1 Å². The van der Waals surface area contributed by atoms with Gasteiger partial charge in [0.05, 0.1) is 10.9 Å². The number of sulfonamides is 1. The van der Waals surface area contributed by atoms with Crippen LogP contribution < -0.4 is 10.0 Å². The van der Waals surface area contributed by atoms with E-state index in [1.807, 2.05) is 50.2 Å². The SMILES string of the molecule is CC(C)(CNC(c1ccccc1)c1ccccc1)NS(=O)(=O)c1ccccc1. The summed E-state index contributed by atoms with van der Waals surface area (Å²) in [4.78, 5) is 0.269. The highest BCUT2D eigenvalue weighted by molar-refractivity contribution is 7.89. The lowest BCUT2D eigenvalue weighted by Gasteiger charge is -2.30. The highest BCUT2D eigenvalue weighted by atomic mass is 32.2. The molecule has 3 aromatic carbocycles. The highest BCUT2D eigenvalue weighted by Gasteiger charge is 2.27. The van der Waals surface area contributed by atoms with E-state index in [1.165, 1.54) is 0 Å². The third-order valence-corrected chi connectivity index (χ3v) is 6.19. The molecule has 0 bridgehead atoms. The van der Waals surface area contributed by atoms with Crippen molar-refractivity contribution in [3.8, 4) is 0 Å². The summed E-state index contributed by atoms with van der Waals surface area (Å²) in [5.41, 5.74) is 1.60. The molecule has 0 saturated carbocycles. The molecule has 0 aromatic heterocycles. The summed E-state index contributed by atoms with van der Waals surface area (Å²) in [6, 6.07) is 28.7. The van der Waals surface area contributed by atoms with Crippen molar-refractivity contribution in [2.45, 2.75) is 30.3 Å². The smallest absolute Gasteiger partial charge is 0.241 e. The summed E-state index contributed by atoms with van der Waals surface area (Å²) in [7, 11) is -3.59. The van der Waals surface area contributed by atoms with Crippen molar-refractivity contribution in [2.75, 3.05) is 6.54 Å². The summed E-state index contributed by atoms with van der Waals surface area (Å²) < 4.78 is 28.2. The molecule has 2 N–H and O–H groups in total. The minimum absolute atomic E-state index is 0.0251. The van der Waals surface area contributed by atoms with Crippen LogP contribution in [0.2, 0.25) is 0 Å². The Bertz CT molecular complexity index is 933. The van der Waals surface area contributed by atoms with Crippen molar-refractivity contribution in [2.24, 2.45) is 0 Å². The van der Waals surface area contributed by atoms with E-state index in [0.29, 0.717) is 6.54 Å². The second-order valence-electron chi connectivity index (χ2n) is 7.44. The van der Waals surface area contributed by atoms with Gasteiger partial charge in [0.15, 0.2) is 0 Å². The van der Waals surface area contributed by atoms with Crippen molar-refractivity contribution in [1.29, 1.82) is 0 Å². The first-order valence-corrected chi connectivity index (χ1v) is 10.8. The van der Waals surface area contributed by atoms with E-state index in [1.54, 1.807) is 30.3 Å². The van der Waals surface area contributed by atoms with Crippen LogP contribution in [0.1, 0.15) is 31.0 Å². The van der Waals surface area contributed by atoms with Crippen LogP contribution in [-0.2, 0) is 10.0 Å². The van der Waals surface area contributed by atoms with Crippen LogP contribution >= 0.6 is 0 Å². The lowest BCUT2D eigenvalue weighted by molar-refractivity contribution is 0.405. The lowest BCUT2D eigenvalue weighted by atomic mass is 9.97. The van der Waals surface area contributed by atoms with Crippen LogP contribution in [0.3, 0.4) is 0 Å². The lowest BCUT2D eigenvalue weighted by Crippen LogP contribution is -2.50. The zero-order valence-corrected chi connectivity index (χ0v) is 17.0. The average Bonchev–Trinajstić information content (AvgIpc) is 2.70. The molecule has 0 aliphatic rings. The molecular weight excluding hydrogens is 368 g/mol. The quantitative estimate of drug-likeness (QED) is 0.604. The third-order valence-electron chi connectivity index (χ3n) is 4.48. The number of hydrogen-bond acceptors (Lipinski definition) is 3. The zero-order chi connectivity index (χ0) is 20.0. The Kier molecular flexibility index (Phi) is 6.29. The second-order valence-corrected chi connectivity index (χ2v) is 9.12. The first kappa shape index (κ1) is 20.3. The van der Waals surface area contributed by atoms with Gasteiger partial charge in [-0.1, -0.05) is 78.9 Å². The Morgan fingerprint density at radius 2 is 1.18 bits per heavy atom. The molecular formula is C23H26N2O2S. The minimum atomic E-state index is -3.59. The van der Waals surface area contributed by atoms with Gasteiger partial charge in [0.2, 0.25) is 10.0 Å². The molecule has 146 valence electrons. The van der Waals surface area contributed by atoms with E-state index >= 15 is 0 Å². The fraction of sp³-hybridized carbons (Fsp3) is 0.217. The van der Waals surface area contributed by atoms with E-state index in [-0.39, 0.29) is 10.9 Å². The van der Waals surface area contributed by atoms with E-state index in [2.05, 4.69) is 34.3 Å². The van der Waals surface area contributed by atoms with Crippen molar-refractivity contribution in [3.63, 3.8) is 0 Å². The molecule has 0 spiro atoms. The monoisotopic (exact) mass is 394 g/mol. The highest BCUT2D eigenvalue weighted by Crippen LogP contribution is 2.22. The molecule has 0 heterocycles. The number of hydrogen-bond donors (Lipinski definition) is 2. The molecule has 3 rings (SSSR count). The molecule has 5 heteroatoms. The zero-order valence-electron chi connectivity index (χ0n) is 16.2. The predicted octanol–water partition coefficient (Wildman–Crippen LogP) is 4.12. The van der Waals surface area contributed by atoms with Gasteiger partial charge in [-0.2, -0.15) is 0 Å². The summed E-state index contributed by atoms with van der Waals surface area (Å²) in [5.74, 6) is 0. The molecule has 0 saturated heterocycles. The summed E-state index contributed by atoms with van der Waals surface area (Å²) in [6.07, 6.45) is 0. The van der Waals surface area contributed by atoms with Crippen molar-refractivity contribution < 1.29 is 8.42 Å². The Hall–Kier alpha value is -2.47. The Morgan fingerprint density at radius 3 is 1.64 bits per heavy atom. The predicted molar refractivity (Wildman–Crippen MR) is 114 cm³/mol. The molecule has 0 amide bonds. The van der Waals surface area contributed by atoms with Gasteiger partial charge in [0.25, 0.3) is 0 Å². The Morgan fingerprint density at radius 1 is 0.750 bits per heavy atom. The van der Waals surface area contributed by atoms with Crippen LogP contribution in [0.15, 0.2) is 95.9 Å². The molecule has 0 unspecified atom stereocenters. The third kappa shape index (κ3) is 5.29. The van der Waals surface area contributed by atoms with E-state index in [4.69, 9.17) is 0 Å². The fourth-order valence-electron chi connectivity index (χ4n) is 3.13. The van der Waals surface area contributed by atoms with E-state index < -0.39 is 15.6 Å². The maximum absolute atomic E-state index is 12.7. The van der Waals surface area contributed by atoms with Gasteiger partial charge in [-0.15, -0.1) is 0 Å². The fourth-order valence-corrected chi connectivity index (χ4v) is 4.57. The van der Waals surface area contributed by atoms with Crippen LogP contribution in [-0.4, -0.2) is 20.5 Å². The molecule has 0 atom stereocenters. The van der Waals surface area contributed by atoms with Gasteiger partial charge in [0, 0.05) is 12.1 Å². The first-order valence-electron chi connectivity index (χ1n) is 9.30. The molecule has 0 aliphatic heterocycles. The molecule has 0 fully saturated rings. The maximum atomic E-state index is 12.7. The Labute approximate surface area is 167 Å². The number of benzene rings is 3. The molecule has 0 aliphatic carbocycles. The van der Waals surface area contributed by atoms with Crippen molar-refractivity contribution in [1.82, 2.24) is 10.0 Å². The number of nitrogens with one attached hydrogen (secondary N) is 2. The first-order chi connectivity index (χ1) is 13.4. The van der Waals surface area contributed by atoms with Gasteiger partial charge in [-0.25, -0.2) is 13.1 Å². The van der Waals surface area contributed by atoms with Gasteiger partial charge in [-0.3, -0.25) is 0 Å². The van der Waals surface area contributed by atoms with Gasteiger partial charge in [-0.05, 0) is 37.1 Å². The summed E-state index contributed by atoms with van der Waals surface area (Å²) in [5, 5.41) is 3.54. The number of rotatable bonds is 8. The Balaban J connectivity index is 1.77. The van der Waals surface area contributed by atoms with Gasteiger partial charge < -0.3 is 5.32 Å². The maximum Gasteiger partial charge on any atom is 0.241 e. The molecule has 0 radical (unpaired) electrons. The molecule has 4 nitrogen and oxygen atoms in total. The summed E-state index contributed by atoms with van der Waals surface area (Å²) >= 11 is 0. The average molecular weight is 395 g/mol. The normalized spacial score (nSPS) is 12.2. The second kappa shape index (κ2) is 8.69. The minimum Gasteiger partial charge on any atom is -0.304 e. The summed E-state index contributed by atoms with van der Waals surface area (Å²) in [6.45, 7) is 4.23. The molecule has 3 aromatic rings. The van der Waals surface area contributed by atoms with E-state index in [9.17, 15) is 8.42 Å². The van der Waals surface area contributed by atoms with Gasteiger partial charge >= 0.3 is 0 Å². The topological polar surface area (TPSA) is 58.2 Å². The van der Waals surface area contributed by atoms with Crippen LogP contribution in [0, 0.1) is 0 Å². The molecule has 28 heavy (non-hydrogen) atoms. The van der Waals surface area contributed by atoms with Crippen molar-refractivity contribution in [3.05, 3.63) is 102 Å². The standard InChI is InChI=1S/C23H26N2O2S/c1-23(2,25-28(26,27)21-16-10-5-11-17-21)18-24-22(19-12-6-3-7-13-19)20-14-8-4-9-15-20/h3-17,22,24-25H,18H2,1-2H3. The van der Waals surface area contributed by atoms with Crippen LogP contribution in [0.25, 0.3) is 0 Å². The van der Waals surface area contributed by atoms with Crippen LogP contribution in [0.4, 0.5) is 0 Å².